The number of rotatable bonds is 5. The van der Waals surface area contributed by atoms with E-state index < -0.39 is 0 Å². The minimum Gasteiger partial charge on any atom is -0.228 e. The van der Waals surface area contributed by atoms with Gasteiger partial charge in [0.1, 0.15) is 0 Å². The predicted molar refractivity (Wildman–Crippen MR) is 202 cm³/mol. The lowest BCUT2D eigenvalue weighted by molar-refractivity contribution is 1.19. The molecule has 224 valence electrons. The Kier molecular flexibility index (Phi) is 6.84. The Morgan fingerprint density at radius 1 is 0.271 bits per heavy atom. The molecule has 0 aliphatic carbocycles. The third-order valence-corrected chi connectivity index (χ3v) is 9.27. The molecule has 0 spiro atoms. The highest BCUT2D eigenvalue weighted by atomic mass is 14.9. The van der Waals surface area contributed by atoms with Crippen molar-refractivity contribution in [2.24, 2.45) is 0 Å². The van der Waals surface area contributed by atoms with Gasteiger partial charge in [-0.2, -0.15) is 0 Å². The van der Waals surface area contributed by atoms with Gasteiger partial charge in [-0.15, -0.1) is 0 Å². The molecule has 2 heteroatoms. The molecule has 9 aromatic rings. The summed E-state index contributed by atoms with van der Waals surface area (Å²) in [5.41, 5.74) is 9.84. The summed E-state index contributed by atoms with van der Waals surface area (Å²) in [6.07, 6.45) is 0. The van der Waals surface area contributed by atoms with Gasteiger partial charge in [-0.3, -0.25) is 0 Å². The highest BCUT2D eigenvalue weighted by Gasteiger charge is 2.19. The number of hydrogen-bond donors (Lipinski definition) is 0. The first-order chi connectivity index (χ1) is 23.8. The highest BCUT2D eigenvalue weighted by molar-refractivity contribution is 6.21. The predicted octanol–water partition coefficient (Wildman–Crippen LogP) is 12.3. The van der Waals surface area contributed by atoms with Gasteiger partial charge < -0.3 is 0 Å². The monoisotopic (exact) mass is 610 g/mol. The fourth-order valence-electron chi connectivity index (χ4n) is 6.96. The molecular formula is C46H30N2. The van der Waals surface area contributed by atoms with Crippen LogP contribution < -0.4 is 0 Å². The van der Waals surface area contributed by atoms with Crippen LogP contribution in [-0.2, 0) is 0 Å². The van der Waals surface area contributed by atoms with Gasteiger partial charge >= 0.3 is 0 Å². The zero-order chi connectivity index (χ0) is 31.9. The molecule has 0 saturated heterocycles. The standard InChI is InChI=1S/C46H30N2/c1-3-14-33(15-4-1)42-30-43(48-46(47-42)35-16-5-2-6-17-35)45-40-21-11-9-19-38(40)44(39-20-10-12-22-41(39)45)34-26-23-32(24-27-34)37-28-25-31-13-7-8-18-36(31)29-37/h1-30H. The molecule has 0 atom stereocenters. The van der Waals surface area contributed by atoms with E-state index in [1.165, 1.54) is 54.6 Å². The van der Waals surface area contributed by atoms with E-state index in [-0.39, 0.29) is 0 Å². The molecule has 0 aliphatic heterocycles. The van der Waals surface area contributed by atoms with Crippen molar-refractivity contribution in [3.8, 4) is 56.2 Å². The second-order valence-corrected chi connectivity index (χ2v) is 12.2. The van der Waals surface area contributed by atoms with Crippen molar-refractivity contribution >= 4 is 32.3 Å². The SMILES string of the molecule is c1ccc(-c2cc(-c3c4ccccc4c(-c4ccc(-c5ccc6ccccc6c5)cc4)c4ccccc34)nc(-c3ccccc3)n2)cc1. The molecule has 0 amide bonds. The van der Waals surface area contributed by atoms with Gasteiger partial charge in [0, 0.05) is 16.7 Å². The van der Waals surface area contributed by atoms with Crippen molar-refractivity contribution in [2.75, 3.05) is 0 Å². The minimum atomic E-state index is 0.716. The Balaban J connectivity index is 1.26. The fraction of sp³-hybridized carbons (Fsp3) is 0. The summed E-state index contributed by atoms with van der Waals surface area (Å²) in [4.78, 5) is 10.3. The molecule has 0 saturated carbocycles. The molecule has 1 aromatic heterocycles. The van der Waals surface area contributed by atoms with Crippen LogP contribution in [0.1, 0.15) is 0 Å². The van der Waals surface area contributed by atoms with Crippen LogP contribution in [0, 0.1) is 0 Å². The lowest BCUT2D eigenvalue weighted by Gasteiger charge is -2.18. The summed E-state index contributed by atoms with van der Waals surface area (Å²) in [5.74, 6) is 0.716. The van der Waals surface area contributed by atoms with Crippen LogP contribution in [0.15, 0.2) is 182 Å². The third-order valence-electron chi connectivity index (χ3n) is 9.27. The number of benzene rings is 8. The summed E-state index contributed by atoms with van der Waals surface area (Å²) in [6, 6.07) is 64.5. The van der Waals surface area contributed by atoms with Crippen molar-refractivity contribution in [3.05, 3.63) is 182 Å². The maximum Gasteiger partial charge on any atom is 0.160 e. The minimum absolute atomic E-state index is 0.716. The first-order valence-electron chi connectivity index (χ1n) is 16.3. The van der Waals surface area contributed by atoms with Crippen LogP contribution in [0.25, 0.3) is 88.5 Å². The van der Waals surface area contributed by atoms with E-state index in [9.17, 15) is 0 Å². The molecule has 0 radical (unpaired) electrons. The Bertz CT molecular complexity index is 2470. The van der Waals surface area contributed by atoms with Crippen molar-refractivity contribution in [3.63, 3.8) is 0 Å². The van der Waals surface area contributed by atoms with Crippen LogP contribution in [-0.4, -0.2) is 9.97 Å². The van der Waals surface area contributed by atoms with Crippen molar-refractivity contribution < 1.29 is 0 Å². The Morgan fingerprint density at radius 2 is 0.750 bits per heavy atom. The van der Waals surface area contributed by atoms with E-state index in [4.69, 9.17) is 9.97 Å². The van der Waals surface area contributed by atoms with E-state index in [1.54, 1.807) is 0 Å². The Labute approximate surface area is 279 Å². The van der Waals surface area contributed by atoms with Crippen LogP contribution in [0.3, 0.4) is 0 Å². The average Bonchev–Trinajstić information content (AvgIpc) is 3.17. The molecule has 0 bridgehead atoms. The number of fused-ring (bicyclic) bond motifs is 3. The number of nitrogens with zero attached hydrogens (tertiary/aromatic N) is 2. The lowest BCUT2D eigenvalue weighted by Crippen LogP contribution is -1.98. The number of hydrogen-bond acceptors (Lipinski definition) is 2. The lowest BCUT2D eigenvalue weighted by atomic mass is 9.86. The summed E-state index contributed by atoms with van der Waals surface area (Å²) in [7, 11) is 0. The van der Waals surface area contributed by atoms with Crippen LogP contribution in [0.5, 0.6) is 0 Å². The average molecular weight is 611 g/mol. The second kappa shape index (κ2) is 11.8. The first kappa shape index (κ1) is 27.9. The van der Waals surface area contributed by atoms with E-state index in [2.05, 4.69) is 158 Å². The van der Waals surface area contributed by atoms with Gasteiger partial charge in [-0.25, -0.2) is 9.97 Å². The molecule has 8 aromatic carbocycles. The molecule has 0 N–H and O–H groups in total. The topological polar surface area (TPSA) is 25.8 Å². The molecule has 0 fully saturated rings. The van der Waals surface area contributed by atoms with Gasteiger partial charge in [0.15, 0.2) is 5.82 Å². The van der Waals surface area contributed by atoms with Gasteiger partial charge in [0.25, 0.3) is 0 Å². The Morgan fingerprint density at radius 3 is 1.40 bits per heavy atom. The van der Waals surface area contributed by atoms with Crippen molar-refractivity contribution in [1.29, 1.82) is 0 Å². The second-order valence-electron chi connectivity index (χ2n) is 12.2. The molecule has 48 heavy (non-hydrogen) atoms. The molecule has 1 heterocycles. The van der Waals surface area contributed by atoms with E-state index >= 15 is 0 Å². The van der Waals surface area contributed by atoms with E-state index in [0.717, 1.165) is 28.1 Å². The zero-order valence-corrected chi connectivity index (χ0v) is 26.2. The first-order valence-corrected chi connectivity index (χ1v) is 16.3. The zero-order valence-electron chi connectivity index (χ0n) is 26.2. The van der Waals surface area contributed by atoms with Gasteiger partial charge in [0.05, 0.1) is 11.4 Å². The fourth-order valence-corrected chi connectivity index (χ4v) is 6.96. The van der Waals surface area contributed by atoms with Crippen LogP contribution in [0.4, 0.5) is 0 Å². The summed E-state index contributed by atoms with van der Waals surface area (Å²) in [5, 5.41) is 7.24. The molecule has 9 rings (SSSR count). The van der Waals surface area contributed by atoms with Gasteiger partial charge in [-0.1, -0.05) is 170 Å². The van der Waals surface area contributed by atoms with Crippen molar-refractivity contribution in [1.82, 2.24) is 9.97 Å². The number of aromatic nitrogens is 2. The van der Waals surface area contributed by atoms with Gasteiger partial charge in [0.2, 0.25) is 0 Å². The maximum absolute atomic E-state index is 5.26. The van der Waals surface area contributed by atoms with Gasteiger partial charge in [-0.05, 0) is 66.7 Å². The molecular weight excluding hydrogens is 581 g/mol. The van der Waals surface area contributed by atoms with E-state index in [1.807, 2.05) is 24.3 Å². The van der Waals surface area contributed by atoms with Crippen molar-refractivity contribution in [2.45, 2.75) is 0 Å². The quantitative estimate of drug-likeness (QED) is 0.181. The normalized spacial score (nSPS) is 11.3. The Hall–Kier alpha value is -6.38. The summed E-state index contributed by atoms with van der Waals surface area (Å²) in [6.45, 7) is 0. The molecule has 0 aliphatic rings. The summed E-state index contributed by atoms with van der Waals surface area (Å²) < 4.78 is 0. The van der Waals surface area contributed by atoms with E-state index in [0.29, 0.717) is 5.82 Å². The smallest absolute Gasteiger partial charge is 0.160 e. The molecule has 2 nitrogen and oxygen atoms in total. The maximum atomic E-state index is 5.26. The largest absolute Gasteiger partial charge is 0.228 e. The third kappa shape index (κ3) is 4.92. The van der Waals surface area contributed by atoms with Crippen LogP contribution >= 0.6 is 0 Å². The van der Waals surface area contributed by atoms with Crippen LogP contribution in [0.2, 0.25) is 0 Å². The molecule has 0 unspecified atom stereocenters. The summed E-state index contributed by atoms with van der Waals surface area (Å²) >= 11 is 0. The highest BCUT2D eigenvalue weighted by Crippen LogP contribution is 2.44.